The Morgan fingerprint density at radius 2 is 1.87 bits per heavy atom. The van der Waals surface area contributed by atoms with E-state index < -0.39 is 0 Å². The van der Waals surface area contributed by atoms with Crippen molar-refractivity contribution in [3.05, 3.63) is 42.7 Å². The fraction of sp³-hybridized carbons (Fsp3) is 0.385. The van der Waals surface area contributed by atoms with Gasteiger partial charge in [-0.05, 0) is 38.5 Å². The van der Waals surface area contributed by atoms with Crippen LogP contribution in [-0.4, -0.2) is 5.54 Å². The molecule has 1 aromatic carbocycles. The van der Waals surface area contributed by atoms with Crippen molar-refractivity contribution in [3.63, 3.8) is 0 Å². The van der Waals surface area contributed by atoms with Crippen LogP contribution in [0.5, 0.6) is 5.75 Å². The van der Waals surface area contributed by atoms with Crippen molar-refractivity contribution in [2.45, 2.75) is 32.9 Å². The monoisotopic (exact) mass is 205 g/mol. The topological polar surface area (TPSA) is 21.3 Å². The first-order valence-electron chi connectivity index (χ1n) is 5.13. The van der Waals surface area contributed by atoms with Gasteiger partial charge < -0.3 is 10.1 Å². The Labute approximate surface area is 92.0 Å². The lowest BCUT2D eigenvalue weighted by molar-refractivity contribution is 0.424. The molecule has 1 rings (SSSR count). The molecule has 0 bridgehead atoms. The number of rotatable bonds is 4. The van der Waals surface area contributed by atoms with Crippen LogP contribution in [-0.2, 0) is 6.54 Å². The molecule has 15 heavy (non-hydrogen) atoms. The minimum Gasteiger partial charge on any atom is -0.466 e. The first-order valence-corrected chi connectivity index (χ1v) is 5.13. The van der Waals surface area contributed by atoms with E-state index in [9.17, 15) is 0 Å². The van der Waals surface area contributed by atoms with Crippen molar-refractivity contribution < 1.29 is 4.74 Å². The highest BCUT2D eigenvalue weighted by atomic mass is 16.5. The lowest BCUT2D eigenvalue weighted by atomic mass is 10.1. The molecule has 0 amide bonds. The van der Waals surface area contributed by atoms with Gasteiger partial charge in [0.2, 0.25) is 0 Å². The Kier molecular flexibility index (Phi) is 3.92. The van der Waals surface area contributed by atoms with Crippen molar-refractivity contribution in [2.75, 3.05) is 0 Å². The van der Waals surface area contributed by atoms with E-state index in [2.05, 4.69) is 44.8 Å². The van der Waals surface area contributed by atoms with Gasteiger partial charge in [0.25, 0.3) is 0 Å². The number of ether oxygens (including phenoxy) is 1. The minimum absolute atomic E-state index is 0.149. The van der Waals surface area contributed by atoms with E-state index in [1.165, 1.54) is 11.8 Å². The van der Waals surface area contributed by atoms with Gasteiger partial charge in [-0.2, -0.15) is 0 Å². The Morgan fingerprint density at radius 3 is 2.33 bits per heavy atom. The zero-order chi connectivity index (χ0) is 11.3. The lowest BCUT2D eigenvalue weighted by Gasteiger charge is -2.20. The smallest absolute Gasteiger partial charge is 0.126 e. The molecule has 1 N–H and O–H groups in total. The maximum atomic E-state index is 5.15. The fourth-order valence-electron chi connectivity index (χ4n) is 1.15. The van der Waals surface area contributed by atoms with Crippen LogP contribution in [0.3, 0.4) is 0 Å². The number of benzene rings is 1. The van der Waals surface area contributed by atoms with E-state index in [4.69, 9.17) is 4.74 Å². The molecule has 0 unspecified atom stereocenters. The molecule has 2 heteroatoms. The van der Waals surface area contributed by atoms with E-state index in [1.54, 1.807) is 0 Å². The van der Waals surface area contributed by atoms with Crippen LogP contribution in [0.4, 0.5) is 0 Å². The van der Waals surface area contributed by atoms with E-state index in [0.29, 0.717) is 0 Å². The Morgan fingerprint density at radius 1 is 1.27 bits per heavy atom. The highest BCUT2D eigenvalue weighted by Gasteiger charge is 2.07. The number of hydrogen-bond acceptors (Lipinski definition) is 2. The quantitative estimate of drug-likeness (QED) is 0.763. The second kappa shape index (κ2) is 4.99. The van der Waals surface area contributed by atoms with Crippen molar-refractivity contribution in [1.29, 1.82) is 0 Å². The van der Waals surface area contributed by atoms with Gasteiger partial charge in [-0.25, -0.2) is 0 Å². The fourth-order valence-corrected chi connectivity index (χ4v) is 1.15. The predicted molar refractivity (Wildman–Crippen MR) is 63.9 cm³/mol. The highest BCUT2D eigenvalue weighted by molar-refractivity contribution is 5.27. The molecule has 0 aliphatic heterocycles. The average Bonchev–Trinajstić information content (AvgIpc) is 2.16. The normalized spacial score (nSPS) is 11.1. The first-order chi connectivity index (χ1) is 7.01. The van der Waals surface area contributed by atoms with Crippen molar-refractivity contribution in [1.82, 2.24) is 5.32 Å². The molecule has 0 saturated carbocycles. The average molecular weight is 205 g/mol. The summed E-state index contributed by atoms with van der Waals surface area (Å²) in [4.78, 5) is 0. The molecule has 0 radical (unpaired) electrons. The summed E-state index contributed by atoms with van der Waals surface area (Å²) < 4.78 is 5.15. The van der Waals surface area contributed by atoms with E-state index in [1.807, 2.05) is 12.1 Å². The third-order valence-corrected chi connectivity index (χ3v) is 1.97. The van der Waals surface area contributed by atoms with Crippen LogP contribution >= 0.6 is 0 Å². The summed E-state index contributed by atoms with van der Waals surface area (Å²) in [5.41, 5.74) is 1.40. The zero-order valence-corrected chi connectivity index (χ0v) is 9.71. The van der Waals surface area contributed by atoms with Crippen LogP contribution in [0.1, 0.15) is 26.3 Å². The third-order valence-electron chi connectivity index (χ3n) is 1.97. The molecular weight excluding hydrogens is 186 g/mol. The van der Waals surface area contributed by atoms with Gasteiger partial charge in [0, 0.05) is 12.1 Å². The summed E-state index contributed by atoms with van der Waals surface area (Å²) >= 11 is 0. The lowest BCUT2D eigenvalue weighted by Crippen LogP contribution is -2.34. The van der Waals surface area contributed by atoms with E-state index in [0.717, 1.165) is 12.3 Å². The van der Waals surface area contributed by atoms with Crippen LogP contribution < -0.4 is 10.1 Å². The maximum absolute atomic E-state index is 5.15. The molecule has 2 nitrogen and oxygen atoms in total. The molecule has 0 heterocycles. The van der Waals surface area contributed by atoms with Gasteiger partial charge in [-0.1, -0.05) is 18.7 Å². The Balaban J connectivity index is 2.53. The second-order valence-corrected chi connectivity index (χ2v) is 4.53. The van der Waals surface area contributed by atoms with Crippen LogP contribution in [0.15, 0.2) is 37.1 Å². The van der Waals surface area contributed by atoms with Gasteiger partial charge in [0.05, 0.1) is 6.26 Å². The number of hydrogen-bond donors (Lipinski definition) is 1. The van der Waals surface area contributed by atoms with Gasteiger partial charge in [-0.15, -0.1) is 0 Å². The molecule has 0 aliphatic rings. The molecular formula is C13H19NO. The van der Waals surface area contributed by atoms with E-state index >= 15 is 0 Å². The van der Waals surface area contributed by atoms with Crippen LogP contribution in [0.25, 0.3) is 0 Å². The SMILES string of the molecule is C=COc1ccc(CNC(C)(C)C)cc1. The molecule has 1 aromatic rings. The van der Waals surface area contributed by atoms with Gasteiger partial charge >= 0.3 is 0 Å². The van der Waals surface area contributed by atoms with Crippen molar-refractivity contribution in [2.24, 2.45) is 0 Å². The van der Waals surface area contributed by atoms with Gasteiger partial charge in [0.1, 0.15) is 5.75 Å². The molecule has 0 fully saturated rings. The van der Waals surface area contributed by atoms with Gasteiger partial charge in [-0.3, -0.25) is 0 Å². The third kappa shape index (κ3) is 4.66. The molecule has 0 aromatic heterocycles. The van der Waals surface area contributed by atoms with Crippen LogP contribution in [0, 0.1) is 0 Å². The Hall–Kier alpha value is -1.28. The maximum Gasteiger partial charge on any atom is 0.126 e. The molecule has 0 saturated heterocycles. The number of nitrogens with one attached hydrogen (secondary N) is 1. The molecule has 0 atom stereocenters. The van der Waals surface area contributed by atoms with Crippen molar-refractivity contribution in [3.8, 4) is 5.75 Å². The minimum atomic E-state index is 0.149. The molecule has 0 spiro atoms. The molecule has 0 aliphatic carbocycles. The van der Waals surface area contributed by atoms with Crippen molar-refractivity contribution >= 4 is 0 Å². The first kappa shape index (κ1) is 11.8. The van der Waals surface area contributed by atoms with E-state index in [-0.39, 0.29) is 5.54 Å². The van der Waals surface area contributed by atoms with Crippen LogP contribution in [0.2, 0.25) is 0 Å². The largest absolute Gasteiger partial charge is 0.466 e. The summed E-state index contributed by atoms with van der Waals surface area (Å²) in [5, 5.41) is 3.43. The van der Waals surface area contributed by atoms with Gasteiger partial charge in [0.15, 0.2) is 0 Å². The Bertz CT molecular complexity index is 308. The molecule has 82 valence electrons. The highest BCUT2D eigenvalue weighted by Crippen LogP contribution is 2.12. The standard InChI is InChI=1S/C13H19NO/c1-5-15-12-8-6-11(7-9-12)10-14-13(2,3)4/h5-9,14H,1,10H2,2-4H3. The summed E-state index contributed by atoms with van der Waals surface area (Å²) in [6, 6.07) is 8.00. The zero-order valence-electron chi connectivity index (χ0n) is 9.71. The summed E-state index contributed by atoms with van der Waals surface area (Å²) in [5.74, 6) is 0.824. The summed E-state index contributed by atoms with van der Waals surface area (Å²) in [6.07, 6.45) is 1.43. The summed E-state index contributed by atoms with van der Waals surface area (Å²) in [7, 11) is 0. The summed E-state index contributed by atoms with van der Waals surface area (Å²) in [6.45, 7) is 10.9. The second-order valence-electron chi connectivity index (χ2n) is 4.53. The predicted octanol–water partition coefficient (Wildman–Crippen LogP) is 3.10.